The number of unbranched alkanes of at least 4 members (excludes halogenated alkanes) is 1. The molecule has 0 amide bonds. The molecule has 5 nitrogen and oxygen atoms in total. The standard InChI is InChI=1S/C10H22N2O3/c1-12(2)6-4-3-5-9(11-8-14)10(15)7-13/h9,11,13-14H,3-8H2,1-2H3/t9-/m0/s1. The van der Waals surface area contributed by atoms with Crippen LogP contribution < -0.4 is 5.32 Å². The third-order valence-electron chi connectivity index (χ3n) is 2.23. The Kier molecular flexibility index (Phi) is 8.50. The minimum absolute atomic E-state index is 0.232. The second-order valence-corrected chi connectivity index (χ2v) is 3.84. The average Bonchev–Trinajstić information content (AvgIpc) is 2.21. The fourth-order valence-electron chi connectivity index (χ4n) is 1.37. The number of nitrogens with zero attached hydrogens (tertiary/aromatic N) is 1. The van der Waals surface area contributed by atoms with Gasteiger partial charge in [-0.3, -0.25) is 10.1 Å². The summed E-state index contributed by atoms with van der Waals surface area (Å²) in [4.78, 5) is 13.3. The van der Waals surface area contributed by atoms with Gasteiger partial charge in [-0.05, 0) is 33.5 Å². The smallest absolute Gasteiger partial charge is 0.175 e. The number of hydrogen-bond donors (Lipinski definition) is 3. The Morgan fingerprint density at radius 3 is 2.47 bits per heavy atom. The van der Waals surface area contributed by atoms with Gasteiger partial charge >= 0.3 is 0 Å². The van der Waals surface area contributed by atoms with Crippen molar-refractivity contribution in [2.24, 2.45) is 0 Å². The zero-order valence-electron chi connectivity index (χ0n) is 9.57. The van der Waals surface area contributed by atoms with Crippen molar-refractivity contribution in [3.63, 3.8) is 0 Å². The van der Waals surface area contributed by atoms with E-state index in [0.717, 1.165) is 19.4 Å². The van der Waals surface area contributed by atoms with Gasteiger partial charge in [0, 0.05) is 0 Å². The first kappa shape index (κ1) is 14.5. The third kappa shape index (κ3) is 7.44. The monoisotopic (exact) mass is 218 g/mol. The fourth-order valence-corrected chi connectivity index (χ4v) is 1.37. The van der Waals surface area contributed by atoms with E-state index in [-0.39, 0.29) is 12.5 Å². The molecule has 90 valence electrons. The Labute approximate surface area is 91.1 Å². The average molecular weight is 218 g/mol. The number of nitrogens with one attached hydrogen (secondary N) is 1. The SMILES string of the molecule is CN(C)CCCC[C@H](NCO)C(=O)CO. The highest BCUT2D eigenvalue weighted by molar-refractivity contribution is 5.84. The molecule has 0 saturated carbocycles. The molecule has 0 bridgehead atoms. The van der Waals surface area contributed by atoms with Crippen molar-refractivity contribution in [1.29, 1.82) is 0 Å². The van der Waals surface area contributed by atoms with E-state index in [1.165, 1.54) is 0 Å². The van der Waals surface area contributed by atoms with Crippen molar-refractivity contribution < 1.29 is 15.0 Å². The molecule has 0 saturated heterocycles. The summed E-state index contributed by atoms with van der Waals surface area (Å²) in [5.41, 5.74) is 0. The second kappa shape index (κ2) is 8.79. The lowest BCUT2D eigenvalue weighted by molar-refractivity contribution is -0.124. The summed E-state index contributed by atoms with van der Waals surface area (Å²) in [5.74, 6) is -0.256. The van der Waals surface area contributed by atoms with Crippen molar-refractivity contribution >= 4 is 5.78 Å². The zero-order chi connectivity index (χ0) is 11.7. The van der Waals surface area contributed by atoms with Gasteiger partial charge in [0.25, 0.3) is 0 Å². The van der Waals surface area contributed by atoms with Gasteiger partial charge in [0.15, 0.2) is 5.78 Å². The molecule has 5 heteroatoms. The van der Waals surface area contributed by atoms with E-state index in [1.54, 1.807) is 0 Å². The van der Waals surface area contributed by atoms with Gasteiger partial charge in [-0.25, -0.2) is 0 Å². The summed E-state index contributed by atoms with van der Waals surface area (Å²) in [6.45, 7) is 0.286. The number of carbonyl (C=O) groups excluding carboxylic acids is 1. The van der Waals surface area contributed by atoms with Crippen LogP contribution >= 0.6 is 0 Å². The molecule has 0 aliphatic carbocycles. The molecule has 0 aromatic heterocycles. The van der Waals surface area contributed by atoms with Gasteiger partial charge in [0.1, 0.15) is 6.61 Å². The number of Topliss-reactive ketones (excluding diaryl/α,β-unsaturated/α-hetero) is 1. The predicted octanol–water partition coefficient (Wildman–Crippen LogP) is -0.812. The summed E-state index contributed by atoms with van der Waals surface area (Å²) in [7, 11) is 4.00. The van der Waals surface area contributed by atoms with Crippen LogP contribution in [0.25, 0.3) is 0 Å². The molecular weight excluding hydrogens is 196 g/mol. The van der Waals surface area contributed by atoms with Crippen LogP contribution in [0.3, 0.4) is 0 Å². The quantitative estimate of drug-likeness (QED) is 0.349. The summed E-state index contributed by atoms with van der Waals surface area (Å²) >= 11 is 0. The first-order valence-corrected chi connectivity index (χ1v) is 5.24. The minimum Gasteiger partial charge on any atom is -0.389 e. The van der Waals surface area contributed by atoms with Gasteiger partial charge in [-0.1, -0.05) is 6.42 Å². The maximum atomic E-state index is 11.2. The van der Waals surface area contributed by atoms with Gasteiger partial charge in [0.2, 0.25) is 0 Å². The van der Waals surface area contributed by atoms with Crippen molar-refractivity contribution in [1.82, 2.24) is 10.2 Å². The molecule has 0 heterocycles. The molecule has 0 radical (unpaired) electrons. The van der Waals surface area contributed by atoms with E-state index >= 15 is 0 Å². The lowest BCUT2D eigenvalue weighted by atomic mass is 10.1. The van der Waals surface area contributed by atoms with E-state index in [9.17, 15) is 4.79 Å². The number of aliphatic hydroxyl groups excluding tert-OH is 2. The van der Waals surface area contributed by atoms with Crippen LogP contribution in [0.2, 0.25) is 0 Å². The van der Waals surface area contributed by atoms with Gasteiger partial charge in [-0.15, -0.1) is 0 Å². The Morgan fingerprint density at radius 1 is 1.33 bits per heavy atom. The van der Waals surface area contributed by atoms with Crippen LogP contribution in [0, 0.1) is 0 Å². The van der Waals surface area contributed by atoms with E-state index in [2.05, 4.69) is 10.2 Å². The van der Waals surface area contributed by atoms with Crippen molar-refractivity contribution in [3.8, 4) is 0 Å². The molecule has 0 aromatic rings. The second-order valence-electron chi connectivity index (χ2n) is 3.84. The highest BCUT2D eigenvalue weighted by Crippen LogP contribution is 2.02. The summed E-state index contributed by atoms with van der Waals surface area (Å²) in [6.07, 6.45) is 2.57. The van der Waals surface area contributed by atoms with Gasteiger partial charge in [-0.2, -0.15) is 0 Å². The van der Waals surface area contributed by atoms with Crippen LogP contribution in [0.5, 0.6) is 0 Å². The van der Waals surface area contributed by atoms with Crippen molar-refractivity contribution in [2.75, 3.05) is 34.0 Å². The molecule has 3 N–H and O–H groups in total. The van der Waals surface area contributed by atoms with Crippen LogP contribution in [0.4, 0.5) is 0 Å². The van der Waals surface area contributed by atoms with Crippen molar-refractivity contribution in [3.05, 3.63) is 0 Å². The number of rotatable bonds is 9. The van der Waals surface area contributed by atoms with Gasteiger partial charge < -0.3 is 15.1 Å². The molecule has 0 aliphatic rings. The number of hydrogen-bond acceptors (Lipinski definition) is 5. The van der Waals surface area contributed by atoms with E-state index < -0.39 is 12.6 Å². The molecule has 0 aliphatic heterocycles. The highest BCUT2D eigenvalue weighted by Gasteiger charge is 2.15. The van der Waals surface area contributed by atoms with Crippen LogP contribution in [0.15, 0.2) is 0 Å². The largest absolute Gasteiger partial charge is 0.389 e. The molecular formula is C10H22N2O3. The summed E-state index contributed by atoms with van der Waals surface area (Å²) in [5, 5.41) is 20.0. The highest BCUT2D eigenvalue weighted by atomic mass is 16.3. The van der Waals surface area contributed by atoms with E-state index in [1.807, 2.05) is 14.1 Å². The lowest BCUT2D eigenvalue weighted by Crippen LogP contribution is -2.39. The van der Waals surface area contributed by atoms with Crippen LogP contribution in [0.1, 0.15) is 19.3 Å². The normalized spacial score (nSPS) is 13.1. The van der Waals surface area contributed by atoms with E-state index in [0.29, 0.717) is 6.42 Å². The predicted molar refractivity (Wildman–Crippen MR) is 58.5 cm³/mol. The third-order valence-corrected chi connectivity index (χ3v) is 2.23. The van der Waals surface area contributed by atoms with Crippen LogP contribution in [-0.4, -0.2) is 60.9 Å². The maximum absolute atomic E-state index is 11.2. The van der Waals surface area contributed by atoms with Gasteiger partial charge in [0.05, 0.1) is 12.8 Å². The molecule has 15 heavy (non-hydrogen) atoms. The number of aliphatic hydroxyl groups is 2. The molecule has 0 unspecified atom stereocenters. The number of carbonyl (C=O) groups is 1. The topological polar surface area (TPSA) is 72.8 Å². The van der Waals surface area contributed by atoms with Crippen LogP contribution in [-0.2, 0) is 4.79 Å². The Balaban J connectivity index is 3.71. The fraction of sp³-hybridized carbons (Fsp3) is 0.900. The Bertz CT molecular complexity index is 174. The molecule has 0 fully saturated rings. The Morgan fingerprint density at radius 2 is 2.00 bits per heavy atom. The minimum atomic E-state index is -0.467. The first-order valence-electron chi connectivity index (χ1n) is 5.24. The van der Waals surface area contributed by atoms with E-state index in [4.69, 9.17) is 10.2 Å². The summed E-state index contributed by atoms with van der Waals surface area (Å²) < 4.78 is 0. The Hall–Kier alpha value is -0.490. The lowest BCUT2D eigenvalue weighted by Gasteiger charge is -2.15. The maximum Gasteiger partial charge on any atom is 0.175 e. The zero-order valence-corrected chi connectivity index (χ0v) is 9.57. The molecule has 0 aromatic carbocycles. The molecule has 1 atom stereocenters. The number of ketones is 1. The molecule has 0 rings (SSSR count). The summed E-state index contributed by atoms with van der Waals surface area (Å²) in [6, 6.07) is -0.415. The molecule has 0 spiro atoms. The van der Waals surface area contributed by atoms with Crippen molar-refractivity contribution in [2.45, 2.75) is 25.3 Å². The first-order chi connectivity index (χ1) is 7.11.